The summed E-state index contributed by atoms with van der Waals surface area (Å²) in [5.41, 5.74) is 29.2. The minimum atomic E-state index is -0.193. The molecule has 15 aromatic rings. The molecule has 406 valence electrons. The summed E-state index contributed by atoms with van der Waals surface area (Å²) in [5, 5.41) is 9.88. The van der Waals surface area contributed by atoms with Crippen LogP contribution in [0.2, 0.25) is 0 Å². The molecule has 0 fully saturated rings. The second-order valence-corrected chi connectivity index (χ2v) is 24.2. The highest BCUT2D eigenvalue weighted by atomic mass is 15.1. The van der Waals surface area contributed by atoms with E-state index in [1.165, 1.54) is 143 Å². The highest BCUT2D eigenvalue weighted by Crippen LogP contribution is 2.57. The van der Waals surface area contributed by atoms with Gasteiger partial charge >= 0.3 is 0 Å². The summed E-state index contributed by atoms with van der Waals surface area (Å²) in [6.07, 6.45) is 0. The topological polar surface area (TPSA) is 6.48 Å². The molecule has 0 aromatic heterocycles. The van der Waals surface area contributed by atoms with Crippen LogP contribution in [0.25, 0.3) is 132 Å². The van der Waals surface area contributed by atoms with Crippen molar-refractivity contribution in [2.45, 2.75) is 19.3 Å². The van der Waals surface area contributed by atoms with Crippen LogP contribution >= 0.6 is 0 Å². The van der Waals surface area contributed by atoms with Crippen molar-refractivity contribution in [2.24, 2.45) is 0 Å². The van der Waals surface area contributed by atoms with Gasteiger partial charge in [0.1, 0.15) is 0 Å². The van der Waals surface area contributed by atoms with Crippen LogP contribution in [0.1, 0.15) is 25.0 Å². The van der Waals surface area contributed by atoms with E-state index >= 15 is 0 Å². The number of rotatable bonds is 9. The number of benzene rings is 15. The van der Waals surface area contributed by atoms with Crippen molar-refractivity contribution < 1.29 is 0 Å². The Balaban J connectivity index is 0.965. The summed E-state index contributed by atoms with van der Waals surface area (Å²) in [6, 6.07) is 114. The first kappa shape index (κ1) is 49.4. The number of fused-ring (bicyclic) bond motifs is 11. The first-order valence-electron chi connectivity index (χ1n) is 30.4. The van der Waals surface area contributed by atoms with Gasteiger partial charge in [-0.25, -0.2) is 0 Å². The summed E-state index contributed by atoms with van der Waals surface area (Å²) in [7, 11) is 0. The summed E-state index contributed by atoms with van der Waals surface area (Å²) in [4.78, 5) is 4.91. The van der Waals surface area contributed by atoms with Gasteiger partial charge in [0.25, 0.3) is 0 Å². The van der Waals surface area contributed by atoms with Crippen LogP contribution in [-0.2, 0) is 5.41 Å². The van der Waals surface area contributed by atoms with Crippen molar-refractivity contribution in [3.63, 3.8) is 0 Å². The molecule has 3 aliphatic rings. The smallest absolute Gasteiger partial charge is 0.0468 e. The molecule has 0 saturated carbocycles. The summed E-state index contributed by atoms with van der Waals surface area (Å²) >= 11 is 0. The van der Waals surface area contributed by atoms with E-state index in [0.717, 1.165) is 34.1 Å². The molecule has 2 heteroatoms. The van der Waals surface area contributed by atoms with Gasteiger partial charge < -0.3 is 9.80 Å². The van der Waals surface area contributed by atoms with Gasteiger partial charge in [-0.15, -0.1) is 0 Å². The molecule has 0 spiro atoms. The number of hydrogen-bond acceptors (Lipinski definition) is 2. The maximum absolute atomic E-state index is 2.52. The predicted octanol–water partition coefficient (Wildman–Crippen LogP) is 23.8. The monoisotopic (exact) mass is 1100 g/mol. The molecule has 0 bridgehead atoms. The third kappa shape index (κ3) is 7.35. The van der Waals surface area contributed by atoms with Gasteiger partial charge in [-0.1, -0.05) is 244 Å². The Morgan fingerprint density at radius 3 is 1.07 bits per heavy atom. The Bertz CT molecular complexity index is 5250. The predicted molar refractivity (Wildman–Crippen MR) is 369 cm³/mol. The lowest BCUT2D eigenvalue weighted by Crippen LogP contribution is -2.16. The molecule has 2 nitrogen and oxygen atoms in total. The molecule has 0 radical (unpaired) electrons. The quantitative estimate of drug-likeness (QED) is 0.133. The van der Waals surface area contributed by atoms with Crippen LogP contribution in [0.15, 0.2) is 303 Å². The van der Waals surface area contributed by atoms with E-state index in [1.807, 2.05) is 0 Å². The van der Waals surface area contributed by atoms with Crippen LogP contribution in [0.4, 0.5) is 34.1 Å². The van der Waals surface area contributed by atoms with E-state index in [2.05, 4.69) is 327 Å². The maximum Gasteiger partial charge on any atom is 0.0468 e. The summed E-state index contributed by atoms with van der Waals surface area (Å²) in [6.45, 7) is 4.77. The molecule has 0 N–H and O–H groups in total. The molecule has 18 rings (SSSR count). The lowest BCUT2D eigenvalue weighted by molar-refractivity contribution is 0.660. The second kappa shape index (κ2) is 19.0. The standard InChI is InChI=1S/C85H56N2/c1-85(2)79-35-17-16-30-65(79)66-43-40-60(52-80(66)85)87(57-38-36-54(37-39-57)53-20-6-3-7-21-53)59-42-45-76-78(51-59)84(74-49-47-72-64-29-15-13-27-62(64)68-32-19-34-70(74)82(68)72)75-44-41-58(86(55-22-8-4-9-23-55)56-24-10-5-11-25-56)50-77(75)83(76)73-48-46-71-63-28-14-12-26-61(63)67-31-18-33-69(73)81(67)71/h3-52H,1-2H3. The fourth-order valence-corrected chi connectivity index (χ4v) is 15.4. The lowest BCUT2D eigenvalue weighted by atomic mass is 9.82. The van der Waals surface area contributed by atoms with Crippen LogP contribution in [0.3, 0.4) is 0 Å². The largest absolute Gasteiger partial charge is 0.310 e. The van der Waals surface area contributed by atoms with Gasteiger partial charge in [-0.2, -0.15) is 0 Å². The molecule has 15 aromatic carbocycles. The van der Waals surface area contributed by atoms with Gasteiger partial charge in [0.05, 0.1) is 0 Å². The van der Waals surface area contributed by atoms with Crippen molar-refractivity contribution in [3.05, 3.63) is 314 Å². The molecule has 0 amide bonds. The first-order chi connectivity index (χ1) is 42.9. The minimum Gasteiger partial charge on any atom is -0.310 e. The molecule has 0 heterocycles. The van der Waals surface area contributed by atoms with E-state index in [0.29, 0.717) is 0 Å². The highest BCUT2D eigenvalue weighted by molar-refractivity contribution is 6.30. The number of anilines is 6. The van der Waals surface area contributed by atoms with Crippen LogP contribution < -0.4 is 9.80 Å². The van der Waals surface area contributed by atoms with Crippen molar-refractivity contribution in [1.82, 2.24) is 0 Å². The zero-order chi connectivity index (χ0) is 57.5. The van der Waals surface area contributed by atoms with Crippen molar-refractivity contribution in [2.75, 3.05) is 9.80 Å². The molecule has 3 aliphatic carbocycles. The van der Waals surface area contributed by atoms with E-state index < -0.39 is 0 Å². The van der Waals surface area contributed by atoms with Crippen molar-refractivity contribution in [1.29, 1.82) is 0 Å². The molecule has 0 unspecified atom stereocenters. The highest BCUT2D eigenvalue weighted by Gasteiger charge is 2.36. The average Bonchev–Trinajstić information content (AvgIpc) is 1.81. The minimum absolute atomic E-state index is 0.193. The summed E-state index contributed by atoms with van der Waals surface area (Å²) < 4.78 is 0. The van der Waals surface area contributed by atoms with Crippen molar-refractivity contribution >= 4 is 77.2 Å². The van der Waals surface area contributed by atoms with Gasteiger partial charge in [-0.3, -0.25) is 0 Å². The van der Waals surface area contributed by atoms with Gasteiger partial charge in [0.15, 0.2) is 0 Å². The average molecular weight is 1110 g/mol. The SMILES string of the molecule is CC1(C)c2ccccc2-c2ccc(N(c3ccc(-c4ccccc4)cc3)c3ccc4c(-c5ccc6c7c(cccc57)-c5ccccc5-6)c5cc(N(c6ccccc6)c6ccccc6)ccc5c(-c5ccc6c7c(cccc57)-c5ccccc5-6)c4c3)cc21. The number of nitrogens with zero attached hydrogens (tertiary/aromatic N) is 2. The Morgan fingerprint density at radius 1 is 0.207 bits per heavy atom. The Morgan fingerprint density at radius 2 is 0.552 bits per heavy atom. The van der Waals surface area contributed by atoms with E-state index in [4.69, 9.17) is 0 Å². The number of para-hydroxylation sites is 2. The molecule has 0 atom stereocenters. The van der Waals surface area contributed by atoms with E-state index in [9.17, 15) is 0 Å². The maximum atomic E-state index is 2.52. The molecular weight excluding hydrogens is 1050 g/mol. The molecule has 87 heavy (non-hydrogen) atoms. The van der Waals surface area contributed by atoms with Crippen LogP contribution in [0.5, 0.6) is 0 Å². The second-order valence-electron chi connectivity index (χ2n) is 24.2. The zero-order valence-electron chi connectivity index (χ0n) is 48.3. The number of hydrogen-bond donors (Lipinski definition) is 0. The third-order valence-corrected chi connectivity index (χ3v) is 19.3. The Hall–Kier alpha value is -11.1. The third-order valence-electron chi connectivity index (χ3n) is 19.3. The van der Waals surface area contributed by atoms with Crippen LogP contribution in [-0.4, -0.2) is 0 Å². The summed E-state index contributed by atoms with van der Waals surface area (Å²) in [5.74, 6) is 0. The molecular formula is C85H56N2. The van der Waals surface area contributed by atoms with E-state index in [1.54, 1.807) is 0 Å². The van der Waals surface area contributed by atoms with Gasteiger partial charge in [0, 0.05) is 39.5 Å². The fraction of sp³-hybridized carbons (Fsp3) is 0.0353. The Kier molecular flexibility index (Phi) is 10.8. The van der Waals surface area contributed by atoms with Gasteiger partial charge in [-0.05, 0) is 216 Å². The van der Waals surface area contributed by atoms with E-state index in [-0.39, 0.29) is 5.41 Å². The molecule has 0 aliphatic heterocycles. The van der Waals surface area contributed by atoms with Gasteiger partial charge in [0.2, 0.25) is 0 Å². The zero-order valence-corrected chi connectivity index (χ0v) is 48.3. The normalized spacial score (nSPS) is 12.8. The fourth-order valence-electron chi connectivity index (χ4n) is 15.4. The van der Waals surface area contributed by atoms with Crippen LogP contribution in [0, 0.1) is 0 Å². The van der Waals surface area contributed by atoms with Crippen molar-refractivity contribution in [3.8, 4) is 89.0 Å². The lowest BCUT2D eigenvalue weighted by Gasteiger charge is -2.29. The first-order valence-corrected chi connectivity index (χ1v) is 30.4. The Labute approximate surface area is 506 Å². The molecule has 0 saturated heterocycles.